The first-order valence-corrected chi connectivity index (χ1v) is 5.64. The standard InChI is InChI=1S/C15H14O3/c1-17-15(16)13-7-9-14(10-8-13)18-11-12-5-3-2-4-6-12/h2-10H,11H2,1H3/i15-1. The zero-order chi connectivity index (χ0) is 12.8. The minimum atomic E-state index is -0.343. The van der Waals surface area contributed by atoms with E-state index in [1.807, 2.05) is 30.3 Å². The van der Waals surface area contributed by atoms with E-state index in [2.05, 4.69) is 4.74 Å². The number of methoxy groups -OCH3 is 1. The minimum absolute atomic E-state index is 0.343. The van der Waals surface area contributed by atoms with Crippen LogP contribution in [0.15, 0.2) is 54.6 Å². The number of carbonyl (C=O) groups excluding carboxylic acids is 1. The summed E-state index contributed by atoms with van der Waals surface area (Å²) in [6.07, 6.45) is 0. The first kappa shape index (κ1) is 12.2. The molecule has 0 amide bonds. The quantitative estimate of drug-likeness (QED) is 0.772. The third-order valence-corrected chi connectivity index (χ3v) is 2.52. The Morgan fingerprint density at radius 1 is 1.00 bits per heavy atom. The van der Waals surface area contributed by atoms with Crippen LogP contribution in [0, 0.1) is 0 Å². The maximum Gasteiger partial charge on any atom is 0.337 e. The maximum absolute atomic E-state index is 11.2. The lowest BCUT2D eigenvalue weighted by molar-refractivity contribution is 0.0600. The van der Waals surface area contributed by atoms with Crippen molar-refractivity contribution >= 4 is 5.97 Å². The fourth-order valence-corrected chi connectivity index (χ4v) is 1.55. The molecular formula is C15H14O3. The number of carbonyl (C=O) groups is 1. The number of hydrogen-bond acceptors (Lipinski definition) is 3. The molecule has 0 N–H and O–H groups in total. The van der Waals surface area contributed by atoms with E-state index in [0.717, 1.165) is 11.3 Å². The summed E-state index contributed by atoms with van der Waals surface area (Å²) in [7, 11) is 1.36. The van der Waals surface area contributed by atoms with Gasteiger partial charge in [-0.2, -0.15) is 0 Å². The van der Waals surface area contributed by atoms with Crippen LogP contribution >= 0.6 is 0 Å². The van der Waals surface area contributed by atoms with E-state index < -0.39 is 0 Å². The highest BCUT2D eigenvalue weighted by atomic mass is 16.5. The van der Waals surface area contributed by atoms with Crippen LogP contribution in [0.1, 0.15) is 15.9 Å². The Bertz CT molecular complexity index is 503. The van der Waals surface area contributed by atoms with Gasteiger partial charge in [0.25, 0.3) is 0 Å². The lowest BCUT2D eigenvalue weighted by Gasteiger charge is -2.06. The van der Waals surface area contributed by atoms with Gasteiger partial charge in [0.1, 0.15) is 12.4 Å². The largest absolute Gasteiger partial charge is 0.489 e. The van der Waals surface area contributed by atoms with Crippen molar-refractivity contribution in [3.8, 4) is 5.75 Å². The molecule has 92 valence electrons. The van der Waals surface area contributed by atoms with Gasteiger partial charge in [-0.3, -0.25) is 0 Å². The smallest absolute Gasteiger partial charge is 0.337 e. The predicted octanol–water partition coefficient (Wildman–Crippen LogP) is 3.05. The first-order valence-electron chi connectivity index (χ1n) is 5.64. The molecule has 2 aromatic rings. The third kappa shape index (κ3) is 3.10. The summed E-state index contributed by atoms with van der Waals surface area (Å²) in [6, 6.07) is 16.8. The molecule has 3 nitrogen and oxygen atoms in total. The third-order valence-electron chi connectivity index (χ3n) is 2.52. The molecule has 0 bridgehead atoms. The van der Waals surface area contributed by atoms with Crippen molar-refractivity contribution in [1.29, 1.82) is 0 Å². The van der Waals surface area contributed by atoms with E-state index in [-0.39, 0.29) is 5.97 Å². The fraction of sp³-hybridized carbons (Fsp3) is 0.133. The van der Waals surface area contributed by atoms with Crippen molar-refractivity contribution < 1.29 is 14.3 Å². The highest BCUT2D eigenvalue weighted by Gasteiger charge is 2.04. The molecule has 3 heteroatoms. The van der Waals surface area contributed by atoms with Gasteiger partial charge in [-0.05, 0) is 29.8 Å². The number of hydrogen-bond donors (Lipinski definition) is 0. The van der Waals surface area contributed by atoms with Gasteiger partial charge < -0.3 is 9.47 Å². The average Bonchev–Trinajstić information content (AvgIpc) is 2.46. The average molecular weight is 241 g/mol. The highest BCUT2D eigenvalue weighted by molar-refractivity contribution is 5.89. The number of ether oxygens (including phenoxy) is 2. The summed E-state index contributed by atoms with van der Waals surface area (Å²) in [5, 5.41) is 0. The van der Waals surface area contributed by atoms with Crippen molar-refractivity contribution in [1.82, 2.24) is 0 Å². The lowest BCUT2D eigenvalue weighted by Crippen LogP contribution is -2.01. The van der Waals surface area contributed by atoms with Crippen LogP contribution in [0.4, 0.5) is 0 Å². The molecule has 2 rings (SSSR count). The van der Waals surface area contributed by atoms with Gasteiger partial charge >= 0.3 is 5.97 Å². The zero-order valence-electron chi connectivity index (χ0n) is 10.1. The van der Waals surface area contributed by atoms with Gasteiger partial charge in [0.2, 0.25) is 0 Å². The van der Waals surface area contributed by atoms with E-state index in [4.69, 9.17) is 4.74 Å². The van der Waals surface area contributed by atoms with Crippen LogP contribution in [0.5, 0.6) is 5.75 Å². The molecule has 18 heavy (non-hydrogen) atoms. The van der Waals surface area contributed by atoms with E-state index in [1.165, 1.54) is 7.11 Å². The molecule has 0 aromatic heterocycles. The molecule has 0 fully saturated rings. The van der Waals surface area contributed by atoms with Gasteiger partial charge in [0.05, 0.1) is 12.7 Å². The van der Waals surface area contributed by atoms with Gasteiger partial charge in [-0.25, -0.2) is 4.79 Å². The van der Waals surface area contributed by atoms with Crippen LogP contribution < -0.4 is 4.74 Å². The summed E-state index contributed by atoms with van der Waals surface area (Å²) in [6.45, 7) is 0.512. The van der Waals surface area contributed by atoms with Gasteiger partial charge in [0.15, 0.2) is 0 Å². The van der Waals surface area contributed by atoms with Crippen molar-refractivity contribution in [2.24, 2.45) is 0 Å². The number of esters is 1. The normalized spacial score (nSPS) is 9.83. The number of rotatable bonds is 4. The molecule has 0 aliphatic carbocycles. The highest BCUT2D eigenvalue weighted by Crippen LogP contribution is 2.14. The SMILES string of the molecule is CO[11C](=O)c1ccc(OCc2ccccc2)cc1. The van der Waals surface area contributed by atoms with E-state index in [9.17, 15) is 4.79 Å². The van der Waals surface area contributed by atoms with Gasteiger partial charge in [0, 0.05) is 0 Å². The Balaban J connectivity index is 1.97. The Hall–Kier alpha value is -2.29. The Labute approximate surface area is 106 Å². The molecule has 2 aromatic carbocycles. The molecule has 0 radical (unpaired) electrons. The molecule has 0 spiro atoms. The van der Waals surface area contributed by atoms with Gasteiger partial charge in [-0.1, -0.05) is 30.3 Å². The van der Waals surface area contributed by atoms with E-state index in [0.29, 0.717) is 12.2 Å². The summed E-state index contributed by atoms with van der Waals surface area (Å²) in [5.74, 6) is 0.385. The topological polar surface area (TPSA) is 35.5 Å². The molecular weight excluding hydrogens is 227 g/mol. The Morgan fingerprint density at radius 2 is 1.67 bits per heavy atom. The Kier molecular flexibility index (Phi) is 3.97. The Morgan fingerprint density at radius 3 is 2.28 bits per heavy atom. The molecule has 0 unspecified atom stereocenters. The molecule has 0 saturated heterocycles. The van der Waals surface area contributed by atoms with E-state index in [1.54, 1.807) is 24.3 Å². The molecule has 0 aliphatic rings. The van der Waals surface area contributed by atoms with Crippen molar-refractivity contribution in [3.63, 3.8) is 0 Å². The number of benzene rings is 2. The fourth-order valence-electron chi connectivity index (χ4n) is 1.55. The van der Waals surface area contributed by atoms with Crippen LogP contribution in [0.2, 0.25) is 0 Å². The minimum Gasteiger partial charge on any atom is -0.489 e. The summed E-state index contributed by atoms with van der Waals surface area (Å²) < 4.78 is 10.2. The molecule has 0 heterocycles. The van der Waals surface area contributed by atoms with Crippen LogP contribution in [-0.4, -0.2) is 13.1 Å². The van der Waals surface area contributed by atoms with Crippen molar-refractivity contribution in [2.45, 2.75) is 6.61 Å². The second-order valence-corrected chi connectivity index (χ2v) is 3.79. The second kappa shape index (κ2) is 5.87. The van der Waals surface area contributed by atoms with Crippen LogP contribution in [-0.2, 0) is 11.3 Å². The molecule has 0 aliphatic heterocycles. The molecule has 0 saturated carbocycles. The summed E-state index contributed by atoms with van der Waals surface area (Å²) >= 11 is 0. The van der Waals surface area contributed by atoms with Gasteiger partial charge in [-0.15, -0.1) is 0 Å². The molecule has 0 atom stereocenters. The zero-order valence-corrected chi connectivity index (χ0v) is 10.1. The first-order chi connectivity index (χ1) is 8.79. The van der Waals surface area contributed by atoms with E-state index >= 15 is 0 Å². The monoisotopic (exact) mass is 241 g/mol. The summed E-state index contributed by atoms with van der Waals surface area (Å²) in [5.41, 5.74) is 1.62. The van der Waals surface area contributed by atoms with Crippen LogP contribution in [0.25, 0.3) is 0 Å². The second-order valence-electron chi connectivity index (χ2n) is 3.79. The van der Waals surface area contributed by atoms with Crippen LogP contribution in [0.3, 0.4) is 0 Å². The maximum atomic E-state index is 11.2. The lowest BCUT2D eigenvalue weighted by atomic mass is 9.94. The predicted molar refractivity (Wildman–Crippen MR) is 68.6 cm³/mol. The van der Waals surface area contributed by atoms with Crippen molar-refractivity contribution in [3.05, 3.63) is 65.7 Å². The summed E-state index contributed by atoms with van der Waals surface area (Å²) in [4.78, 5) is 11.2. The van der Waals surface area contributed by atoms with Crippen molar-refractivity contribution in [2.75, 3.05) is 7.11 Å².